The first kappa shape index (κ1) is 11.1. The van der Waals surface area contributed by atoms with E-state index in [2.05, 4.69) is 29.5 Å². The molecule has 0 saturated heterocycles. The normalized spacial score (nSPS) is 12.5. The molecule has 13 heavy (non-hydrogen) atoms. The highest BCUT2D eigenvalue weighted by Crippen LogP contribution is 2.14. The van der Waals surface area contributed by atoms with Crippen LogP contribution in [0.1, 0.15) is 6.92 Å². The Morgan fingerprint density at radius 3 is 2.54 bits per heavy atom. The van der Waals surface area contributed by atoms with Gasteiger partial charge in [0.05, 0.1) is 6.61 Å². The Bertz CT molecular complexity index is 248. The second-order valence-electron chi connectivity index (χ2n) is 3.02. The van der Waals surface area contributed by atoms with Crippen molar-refractivity contribution in [3.8, 4) is 5.75 Å². The molecule has 0 radical (unpaired) electrons. The maximum atomic E-state index is 5.66. The number of ether oxygens (including phenoxy) is 1. The Morgan fingerprint density at radius 2 is 2.00 bits per heavy atom. The van der Waals surface area contributed by atoms with Crippen molar-refractivity contribution in [3.63, 3.8) is 0 Å². The fourth-order valence-electron chi connectivity index (χ4n) is 0.814. The molecule has 1 aromatic carbocycles. The summed E-state index contributed by atoms with van der Waals surface area (Å²) in [5, 5.41) is 0. The van der Waals surface area contributed by atoms with Gasteiger partial charge in [-0.05, 0) is 46.9 Å². The van der Waals surface area contributed by atoms with Crippen molar-refractivity contribution in [2.75, 3.05) is 12.5 Å². The van der Waals surface area contributed by atoms with Crippen LogP contribution in [-0.4, -0.2) is 12.5 Å². The lowest BCUT2D eigenvalue weighted by Gasteiger charge is -2.09. The molecule has 1 aromatic rings. The molecule has 0 N–H and O–H groups in total. The molecule has 0 bridgehead atoms. The highest BCUT2D eigenvalue weighted by molar-refractivity contribution is 14.1. The molecule has 1 unspecified atom stereocenters. The maximum Gasteiger partial charge on any atom is 0.119 e. The van der Waals surface area contributed by atoms with Crippen LogP contribution in [0.15, 0.2) is 24.3 Å². The zero-order valence-corrected chi connectivity index (χ0v) is 10.4. The molecule has 0 aromatic heterocycles. The molecule has 0 aliphatic carbocycles. The van der Waals surface area contributed by atoms with Crippen molar-refractivity contribution < 1.29 is 4.74 Å². The van der Waals surface area contributed by atoms with E-state index >= 15 is 0 Å². The van der Waals surface area contributed by atoms with E-state index in [1.54, 1.807) is 0 Å². The first-order valence-corrected chi connectivity index (χ1v) is 5.78. The molecule has 0 saturated carbocycles. The maximum absolute atomic E-state index is 5.66. The first-order chi connectivity index (χ1) is 6.22. The zero-order chi connectivity index (χ0) is 9.68. The third-order valence-electron chi connectivity index (χ3n) is 1.61. The summed E-state index contributed by atoms with van der Waals surface area (Å²) in [6.45, 7) is 2.75. The van der Waals surface area contributed by atoms with Gasteiger partial charge < -0.3 is 4.74 Å². The van der Waals surface area contributed by atoms with Crippen LogP contribution in [0.2, 0.25) is 0 Å². The van der Waals surface area contributed by atoms with E-state index in [1.165, 1.54) is 3.57 Å². The van der Waals surface area contributed by atoms with E-state index in [1.807, 2.05) is 24.3 Å². The molecule has 0 aliphatic heterocycles. The smallest absolute Gasteiger partial charge is 0.119 e. The Morgan fingerprint density at radius 1 is 1.38 bits per heavy atom. The van der Waals surface area contributed by atoms with Gasteiger partial charge in [0.1, 0.15) is 5.75 Å². The number of alkyl halides is 1. The number of hydrogen-bond donors (Lipinski definition) is 0. The lowest BCUT2D eigenvalue weighted by molar-refractivity contribution is 0.272. The van der Waals surface area contributed by atoms with E-state index in [0.717, 1.165) is 5.75 Å². The van der Waals surface area contributed by atoms with Gasteiger partial charge in [0, 0.05) is 15.4 Å². The van der Waals surface area contributed by atoms with Crippen LogP contribution in [-0.2, 0) is 0 Å². The summed E-state index contributed by atoms with van der Waals surface area (Å²) in [7, 11) is 0. The van der Waals surface area contributed by atoms with Gasteiger partial charge >= 0.3 is 0 Å². The molecular formula is C10H12ClIO. The van der Waals surface area contributed by atoms with Crippen LogP contribution >= 0.6 is 34.2 Å². The minimum Gasteiger partial charge on any atom is -0.493 e. The van der Waals surface area contributed by atoms with Crippen LogP contribution in [0.3, 0.4) is 0 Å². The third kappa shape index (κ3) is 4.18. The predicted molar refractivity (Wildman–Crippen MR) is 64.5 cm³/mol. The number of halogens is 2. The lowest BCUT2D eigenvalue weighted by atomic mass is 10.2. The standard InChI is InChI=1S/C10H12ClIO/c1-8(6-11)7-13-10-4-2-9(12)3-5-10/h2-5,8H,6-7H2,1H3. The van der Waals surface area contributed by atoms with Crippen molar-refractivity contribution in [1.29, 1.82) is 0 Å². The Kier molecular flexibility index (Phi) is 4.88. The average Bonchev–Trinajstić information content (AvgIpc) is 2.16. The SMILES string of the molecule is CC(CCl)COc1ccc(I)cc1. The molecule has 3 heteroatoms. The molecule has 0 amide bonds. The molecule has 0 fully saturated rings. The monoisotopic (exact) mass is 310 g/mol. The summed E-state index contributed by atoms with van der Waals surface area (Å²) in [6.07, 6.45) is 0. The van der Waals surface area contributed by atoms with Gasteiger partial charge in [0.25, 0.3) is 0 Å². The van der Waals surface area contributed by atoms with E-state index in [4.69, 9.17) is 16.3 Å². The average molecular weight is 311 g/mol. The van der Waals surface area contributed by atoms with Crippen molar-refractivity contribution >= 4 is 34.2 Å². The molecule has 1 rings (SSSR count). The Hall–Kier alpha value is 0.0400. The fourth-order valence-corrected chi connectivity index (χ4v) is 1.26. The van der Waals surface area contributed by atoms with Crippen molar-refractivity contribution in [1.82, 2.24) is 0 Å². The van der Waals surface area contributed by atoms with Gasteiger partial charge in [-0.25, -0.2) is 0 Å². The van der Waals surface area contributed by atoms with Crippen LogP contribution < -0.4 is 4.74 Å². The minimum absolute atomic E-state index is 0.404. The topological polar surface area (TPSA) is 9.23 Å². The van der Waals surface area contributed by atoms with Crippen LogP contribution in [0.5, 0.6) is 5.75 Å². The van der Waals surface area contributed by atoms with Gasteiger partial charge in [-0.1, -0.05) is 6.92 Å². The van der Waals surface area contributed by atoms with E-state index in [-0.39, 0.29) is 0 Å². The second-order valence-corrected chi connectivity index (χ2v) is 4.58. The highest BCUT2D eigenvalue weighted by atomic mass is 127. The van der Waals surface area contributed by atoms with Gasteiger partial charge in [0.2, 0.25) is 0 Å². The molecule has 1 nitrogen and oxygen atoms in total. The summed E-state index contributed by atoms with van der Waals surface area (Å²) in [6, 6.07) is 8.01. The molecule has 72 valence electrons. The minimum atomic E-state index is 0.404. The summed E-state index contributed by atoms with van der Waals surface area (Å²) >= 11 is 7.93. The first-order valence-electron chi connectivity index (χ1n) is 4.16. The fraction of sp³-hybridized carbons (Fsp3) is 0.400. The van der Waals surface area contributed by atoms with Gasteiger partial charge in [-0.15, -0.1) is 11.6 Å². The number of rotatable bonds is 4. The molecular weight excluding hydrogens is 298 g/mol. The summed E-state index contributed by atoms with van der Waals surface area (Å²) < 4.78 is 6.74. The van der Waals surface area contributed by atoms with E-state index in [0.29, 0.717) is 18.4 Å². The summed E-state index contributed by atoms with van der Waals surface area (Å²) in [4.78, 5) is 0. The van der Waals surface area contributed by atoms with E-state index in [9.17, 15) is 0 Å². The van der Waals surface area contributed by atoms with Crippen molar-refractivity contribution in [2.45, 2.75) is 6.92 Å². The zero-order valence-electron chi connectivity index (χ0n) is 7.47. The Balaban J connectivity index is 2.41. The second kappa shape index (κ2) is 5.70. The van der Waals surface area contributed by atoms with Gasteiger partial charge in [-0.2, -0.15) is 0 Å². The predicted octanol–water partition coefficient (Wildman–Crippen LogP) is 3.54. The Labute approximate surface area is 97.6 Å². The molecule has 0 spiro atoms. The van der Waals surface area contributed by atoms with Crippen molar-refractivity contribution in [2.24, 2.45) is 5.92 Å². The van der Waals surface area contributed by atoms with Crippen LogP contribution in [0.25, 0.3) is 0 Å². The van der Waals surface area contributed by atoms with Crippen LogP contribution in [0, 0.1) is 9.49 Å². The largest absolute Gasteiger partial charge is 0.493 e. The number of hydrogen-bond acceptors (Lipinski definition) is 1. The number of benzene rings is 1. The van der Waals surface area contributed by atoms with Crippen LogP contribution in [0.4, 0.5) is 0 Å². The highest BCUT2D eigenvalue weighted by Gasteiger charge is 2.00. The molecule has 1 atom stereocenters. The van der Waals surface area contributed by atoms with Crippen molar-refractivity contribution in [3.05, 3.63) is 27.8 Å². The summed E-state index contributed by atoms with van der Waals surface area (Å²) in [5.41, 5.74) is 0. The van der Waals surface area contributed by atoms with E-state index < -0.39 is 0 Å². The molecule has 0 aliphatic rings. The lowest BCUT2D eigenvalue weighted by Crippen LogP contribution is -2.09. The van der Waals surface area contributed by atoms with Gasteiger partial charge in [-0.3, -0.25) is 0 Å². The quantitative estimate of drug-likeness (QED) is 0.610. The van der Waals surface area contributed by atoms with Gasteiger partial charge in [0.15, 0.2) is 0 Å². The third-order valence-corrected chi connectivity index (χ3v) is 2.86. The molecule has 0 heterocycles. The summed E-state index contributed by atoms with van der Waals surface area (Å²) in [5.74, 6) is 1.96.